The first-order chi connectivity index (χ1) is 7.77. The zero-order chi connectivity index (χ0) is 11.4. The maximum atomic E-state index is 6.43. The summed E-state index contributed by atoms with van der Waals surface area (Å²) in [5.74, 6) is 0. The first kappa shape index (κ1) is 12.4. The number of rotatable bonds is 4. The van der Waals surface area contributed by atoms with Crippen molar-refractivity contribution in [1.29, 1.82) is 0 Å². The molecule has 0 amide bonds. The predicted octanol–water partition coefficient (Wildman–Crippen LogP) is 4.29. The molecule has 16 heavy (non-hydrogen) atoms. The van der Waals surface area contributed by atoms with Gasteiger partial charge in [-0.05, 0) is 31.3 Å². The maximum Gasteiger partial charge on any atom is 0.0805 e. The molecule has 2 rings (SSSR count). The lowest BCUT2D eigenvalue weighted by Gasteiger charge is -2.32. The average Bonchev–Trinajstić information content (AvgIpc) is 2.83. The lowest BCUT2D eigenvalue weighted by Crippen LogP contribution is -2.35. The monoisotopic (exact) mass is 257 g/mol. The second-order valence-corrected chi connectivity index (χ2v) is 6.22. The van der Waals surface area contributed by atoms with Gasteiger partial charge in [-0.3, -0.25) is 0 Å². The number of alkyl halides is 1. The maximum absolute atomic E-state index is 6.43. The molecule has 1 aromatic heterocycles. The number of halogens is 1. The van der Waals surface area contributed by atoms with Crippen LogP contribution in [0.5, 0.6) is 0 Å². The highest BCUT2D eigenvalue weighted by Gasteiger charge is 2.20. The van der Waals surface area contributed by atoms with E-state index < -0.39 is 0 Å². The largest absolute Gasteiger partial charge is 0.302 e. The van der Waals surface area contributed by atoms with Crippen LogP contribution < -0.4 is 0 Å². The summed E-state index contributed by atoms with van der Waals surface area (Å²) in [6, 6.07) is 4.97. The van der Waals surface area contributed by atoms with Crippen LogP contribution in [-0.2, 0) is 0 Å². The van der Waals surface area contributed by atoms with Crippen LogP contribution in [0.15, 0.2) is 17.5 Å². The van der Waals surface area contributed by atoms with Crippen LogP contribution in [-0.4, -0.2) is 24.5 Å². The van der Waals surface area contributed by atoms with Gasteiger partial charge in [0.1, 0.15) is 0 Å². The SMILES string of the molecule is CN(CC(Cl)c1cccs1)C1CCCCC1. The molecule has 0 N–H and O–H groups in total. The Balaban J connectivity index is 1.84. The minimum absolute atomic E-state index is 0.159. The van der Waals surface area contributed by atoms with Crippen LogP contribution in [0.2, 0.25) is 0 Å². The van der Waals surface area contributed by atoms with E-state index in [4.69, 9.17) is 11.6 Å². The molecular weight excluding hydrogens is 238 g/mol. The molecule has 1 saturated carbocycles. The lowest BCUT2D eigenvalue weighted by atomic mass is 9.94. The molecule has 1 atom stereocenters. The van der Waals surface area contributed by atoms with Crippen LogP contribution in [0, 0.1) is 0 Å². The average molecular weight is 258 g/mol. The zero-order valence-corrected chi connectivity index (χ0v) is 11.4. The van der Waals surface area contributed by atoms with Gasteiger partial charge in [0.05, 0.1) is 5.38 Å². The standard InChI is InChI=1S/C13H20ClNS/c1-15(11-6-3-2-4-7-11)10-12(14)13-8-5-9-16-13/h5,8-9,11-12H,2-4,6-7,10H2,1H3. The van der Waals surface area contributed by atoms with Crippen molar-refractivity contribution in [3.8, 4) is 0 Å². The Morgan fingerprint density at radius 2 is 2.19 bits per heavy atom. The molecule has 90 valence electrons. The van der Waals surface area contributed by atoms with Crippen LogP contribution in [0.4, 0.5) is 0 Å². The zero-order valence-electron chi connectivity index (χ0n) is 9.86. The van der Waals surface area contributed by atoms with Crippen molar-refractivity contribution < 1.29 is 0 Å². The van der Waals surface area contributed by atoms with Gasteiger partial charge in [0.15, 0.2) is 0 Å². The Labute approximate surface area is 107 Å². The van der Waals surface area contributed by atoms with Gasteiger partial charge in [0, 0.05) is 17.5 Å². The van der Waals surface area contributed by atoms with Gasteiger partial charge in [-0.1, -0.05) is 25.3 Å². The summed E-state index contributed by atoms with van der Waals surface area (Å²) in [4.78, 5) is 3.75. The number of thiophene rings is 1. The molecule has 0 aliphatic heterocycles. The summed E-state index contributed by atoms with van der Waals surface area (Å²) in [7, 11) is 2.22. The minimum atomic E-state index is 0.159. The fraction of sp³-hybridized carbons (Fsp3) is 0.692. The summed E-state index contributed by atoms with van der Waals surface area (Å²) >= 11 is 8.19. The molecule has 1 aliphatic carbocycles. The molecule has 3 heteroatoms. The Kier molecular flexibility index (Phi) is 4.68. The molecule has 0 radical (unpaired) electrons. The third-order valence-electron chi connectivity index (χ3n) is 3.50. The van der Waals surface area contributed by atoms with Crippen LogP contribution in [0.1, 0.15) is 42.4 Å². The number of likely N-dealkylation sites (N-methyl/N-ethyl adjacent to an activating group) is 1. The molecule has 0 aromatic carbocycles. The minimum Gasteiger partial charge on any atom is -0.302 e. The van der Waals surface area contributed by atoms with Gasteiger partial charge in [-0.25, -0.2) is 0 Å². The third kappa shape index (κ3) is 3.22. The van der Waals surface area contributed by atoms with E-state index in [0.717, 1.165) is 12.6 Å². The van der Waals surface area contributed by atoms with E-state index in [2.05, 4.69) is 29.5 Å². The lowest BCUT2D eigenvalue weighted by molar-refractivity contribution is 0.192. The Bertz CT molecular complexity index is 293. The van der Waals surface area contributed by atoms with Gasteiger partial charge in [0.2, 0.25) is 0 Å². The van der Waals surface area contributed by atoms with E-state index in [1.807, 2.05) is 0 Å². The van der Waals surface area contributed by atoms with Gasteiger partial charge in [0.25, 0.3) is 0 Å². The normalized spacial score (nSPS) is 20.2. The Hall–Kier alpha value is -0.0500. The molecule has 1 fully saturated rings. The second kappa shape index (κ2) is 6.04. The summed E-state index contributed by atoms with van der Waals surface area (Å²) in [5, 5.41) is 2.26. The van der Waals surface area contributed by atoms with E-state index in [9.17, 15) is 0 Å². The second-order valence-electron chi connectivity index (χ2n) is 4.71. The predicted molar refractivity (Wildman–Crippen MR) is 72.4 cm³/mol. The van der Waals surface area contributed by atoms with E-state index in [0.29, 0.717) is 0 Å². The van der Waals surface area contributed by atoms with Gasteiger partial charge >= 0.3 is 0 Å². The van der Waals surface area contributed by atoms with Crippen molar-refractivity contribution in [2.75, 3.05) is 13.6 Å². The van der Waals surface area contributed by atoms with Gasteiger partial charge in [-0.15, -0.1) is 22.9 Å². The molecule has 1 nitrogen and oxygen atoms in total. The molecular formula is C13H20ClNS. The summed E-state index contributed by atoms with van der Waals surface area (Å²) in [5.41, 5.74) is 0. The van der Waals surface area contributed by atoms with Crippen molar-refractivity contribution in [2.24, 2.45) is 0 Å². The summed E-state index contributed by atoms with van der Waals surface area (Å²) < 4.78 is 0. The highest BCUT2D eigenvalue weighted by atomic mass is 35.5. The Morgan fingerprint density at radius 1 is 1.44 bits per heavy atom. The molecule has 0 spiro atoms. The first-order valence-electron chi connectivity index (χ1n) is 6.15. The highest BCUT2D eigenvalue weighted by molar-refractivity contribution is 7.10. The van der Waals surface area contributed by atoms with Crippen LogP contribution >= 0.6 is 22.9 Å². The highest BCUT2D eigenvalue weighted by Crippen LogP contribution is 2.28. The van der Waals surface area contributed by atoms with Crippen molar-refractivity contribution in [3.63, 3.8) is 0 Å². The Morgan fingerprint density at radius 3 is 2.81 bits per heavy atom. The van der Waals surface area contributed by atoms with E-state index in [-0.39, 0.29) is 5.38 Å². The van der Waals surface area contributed by atoms with Crippen LogP contribution in [0.3, 0.4) is 0 Å². The van der Waals surface area contributed by atoms with Crippen molar-refractivity contribution >= 4 is 22.9 Å². The van der Waals surface area contributed by atoms with Gasteiger partial charge in [-0.2, -0.15) is 0 Å². The smallest absolute Gasteiger partial charge is 0.0805 e. The molecule has 1 aliphatic rings. The summed E-state index contributed by atoms with van der Waals surface area (Å²) in [6.45, 7) is 0.979. The van der Waals surface area contributed by atoms with Crippen molar-refractivity contribution in [2.45, 2.75) is 43.5 Å². The molecule has 1 heterocycles. The quantitative estimate of drug-likeness (QED) is 0.728. The third-order valence-corrected chi connectivity index (χ3v) is 4.99. The molecule has 1 unspecified atom stereocenters. The van der Waals surface area contributed by atoms with Crippen molar-refractivity contribution in [1.82, 2.24) is 4.90 Å². The van der Waals surface area contributed by atoms with E-state index >= 15 is 0 Å². The van der Waals surface area contributed by atoms with E-state index in [1.165, 1.54) is 37.0 Å². The molecule has 0 bridgehead atoms. The fourth-order valence-electron chi connectivity index (χ4n) is 2.48. The van der Waals surface area contributed by atoms with E-state index in [1.54, 1.807) is 11.3 Å². The fourth-order valence-corrected chi connectivity index (χ4v) is 3.62. The van der Waals surface area contributed by atoms with Crippen molar-refractivity contribution in [3.05, 3.63) is 22.4 Å². The molecule has 1 aromatic rings. The first-order valence-corrected chi connectivity index (χ1v) is 7.46. The number of hydrogen-bond donors (Lipinski definition) is 0. The number of nitrogens with zero attached hydrogens (tertiary/aromatic N) is 1. The van der Waals surface area contributed by atoms with Crippen LogP contribution in [0.25, 0.3) is 0 Å². The van der Waals surface area contributed by atoms with Gasteiger partial charge < -0.3 is 4.90 Å². The summed E-state index contributed by atoms with van der Waals surface area (Å²) in [6.07, 6.45) is 6.90. The topological polar surface area (TPSA) is 3.24 Å². The number of hydrogen-bond acceptors (Lipinski definition) is 2. The molecule has 0 saturated heterocycles.